The predicted octanol–water partition coefficient (Wildman–Crippen LogP) is 2.93. The Morgan fingerprint density at radius 3 is 2.26 bits per heavy atom. The molecule has 0 spiro atoms. The molecule has 112 valence electrons. The van der Waals surface area contributed by atoms with Crippen molar-refractivity contribution in [3.8, 4) is 6.07 Å². The van der Waals surface area contributed by atoms with Crippen LogP contribution in [0.5, 0.6) is 0 Å². The van der Waals surface area contributed by atoms with Gasteiger partial charge in [0.1, 0.15) is 5.54 Å². The second kappa shape index (κ2) is 7.71. The number of nitrogens with zero attached hydrogens (tertiary/aromatic N) is 2. The van der Waals surface area contributed by atoms with Crippen LogP contribution in [0.25, 0.3) is 0 Å². The van der Waals surface area contributed by atoms with E-state index >= 15 is 0 Å². The topological polar surface area (TPSA) is 39.1 Å². The van der Waals surface area contributed by atoms with Gasteiger partial charge in [-0.05, 0) is 39.8 Å². The highest BCUT2D eigenvalue weighted by atomic mass is 19.4. The Morgan fingerprint density at radius 1 is 1.32 bits per heavy atom. The fraction of sp³-hybridized carbons (Fsp3) is 0.923. The Bertz CT molecular complexity index is 298. The normalized spacial score (nSPS) is 17.0. The van der Waals surface area contributed by atoms with Gasteiger partial charge in [-0.3, -0.25) is 10.2 Å². The van der Waals surface area contributed by atoms with Crippen LogP contribution in [-0.2, 0) is 0 Å². The molecular weight excluding hydrogens is 255 g/mol. The van der Waals surface area contributed by atoms with Crippen LogP contribution in [0.2, 0.25) is 0 Å². The molecule has 0 aliphatic carbocycles. The standard InChI is InChI=1S/C13H24F3N3/c1-5-7-18-12(4,9-17)8-11(3)19(6-2)10-13(14,15)16/h11,18H,5-8,10H2,1-4H3. The van der Waals surface area contributed by atoms with Crippen molar-refractivity contribution in [2.24, 2.45) is 0 Å². The van der Waals surface area contributed by atoms with Gasteiger partial charge in [-0.25, -0.2) is 0 Å². The van der Waals surface area contributed by atoms with Crippen LogP contribution in [0.15, 0.2) is 0 Å². The van der Waals surface area contributed by atoms with Gasteiger partial charge in [0.15, 0.2) is 0 Å². The maximum Gasteiger partial charge on any atom is 0.401 e. The summed E-state index contributed by atoms with van der Waals surface area (Å²) in [5.41, 5.74) is -0.783. The highest BCUT2D eigenvalue weighted by Gasteiger charge is 2.34. The second-order valence-electron chi connectivity index (χ2n) is 5.10. The summed E-state index contributed by atoms with van der Waals surface area (Å²) in [6.07, 6.45) is -2.96. The van der Waals surface area contributed by atoms with Crippen molar-refractivity contribution in [2.75, 3.05) is 19.6 Å². The number of halogens is 3. The SMILES string of the molecule is CCCNC(C)(C#N)CC(C)N(CC)CC(F)(F)F. The Labute approximate surface area is 113 Å². The van der Waals surface area contributed by atoms with Gasteiger partial charge < -0.3 is 0 Å². The summed E-state index contributed by atoms with van der Waals surface area (Å²) in [7, 11) is 0. The molecule has 0 amide bonds. The van der Waals surface area contributed by atoms with Crippen LogP contribution in [0, 0.1) is 11.3 Å². The Hall–Kier alpha value is -0.800. The molecule has 0 saturated carbocycles. The van der Waals surface area contributed by atoms with Crippen molar-refractivity contribution in [1.29, 1.82) is 5.26 Å². The number of nitriles is 1. The summed E-state index contributed by atoms with van der Waals surface area (Å²) in [6, 6.07) is 1.86. The number of nitrogens with one attached hydrogen (secondary N) is 1. The third-order valence-electron chi connectivity index (χ3n) is 3.13. The van der Waals surface area contributed by atoms with Gasteiger partial charge in [-0.2, -0.15) is 18.4 Å². The van der Waals surface area contributed by atoms with E-state index in [1.165, 1.54) is 4.90 Å². The molecule has 2 unspecified atom stereocenters. The van der Waals surface area contributed by atoms with E-state index in [1.807, 2.05) is 6.92 Å². The monoisotopic (exact) mass is 279 g/mol. The van der Waals surface area contributed by atoms with Gasteiger partial charge in [0.2, 0.25) is 0 Å². The zero-order valence-corrected chi connectivity index (χ0v) is 12.1. The number of alkyl halides is 3. The molecule has 19 heavy (non-hydrogen) atoms. The maximum atomic E-state index is 12.4. The smallest absolute Gasteiger partial charge is 0.300 e. The summed E-state index contributed by atoms with van der Waals surface area (Å²) < 4.78 is 37.3. The molecule has 0 aromatic heterocycles. The summed E-state index contributed by atoms with van der Waals surface area (Å²) in [5.74, 6) is 0. The van der Waals surface area contributed by atoms with Crippen molar-refractivity contribution in [2.45, 2.75) is 58.3 Å². The lowest BCUT2D eigenvalue weighted by Crippen LogP contribution is -2.49. The Kier molecular flexibility index (Phi) is 7.38. The lowest BCUT2D eigenvalue weighted by atomic mass is 9.94. The molecule has 0 aromatic carbocycles. The molecule has 2 atom stereocenters. The summed E-state index contributed by atoms with van der Waals surface area (Å²) in [5, 5.41) is 12.3. The Balaban J connectivity index is 4.61. The van der Waals surface area contributed by atoms with Crippen LogP contribution in [0.4, 0.5) is 13.2 Å². The third kappa shape index (κ3) is 7.38. The average molecular weight is 279 g/mol. The molecule has 1 N–H and O–H groups in total. The minimum absolute atomic E-state index is 0.305. The van der Waals surface area contributed by atoms with E-state index < -0.39 is 18.3 Å². The molecule has 0 radical (unpaired) electrons. The highest BCUT2D eigenvalue weighted by Crippen LogP contribution is 2.21. The van der Waals surface area contributed by atoms with Crippen LogP contribution in [0.1, 0.15) is 40.5 Å². The Morgan fingerprint density at radius 2 is 1.89 bits per heavy atom. The van der Waals surface area contributed by atoms with Crippen LogP contribution < -0.4 is 5.32 Å². The first-order chi connectivity index (χ1) is 8.67. The number of hydrogen-bond donors (Lipinski definition) is 1. The summed E-state index contributed by atoms with van der Waals surface area (Å²) >= 11 is 0. The molecule has 6 heteroatoms. The fourth-order valence-electron chi connectivity index (χ4n) is 2.09. The van der Waals surface area contributed by atoms with Crippen molar-refractivity contribution in [1.82, 2.24) is 10.2 Å². The molecule has 0 aromatic rings. The van der Waals surface area contributed by atoms with Gasteiger partial charge in [0.25, 0.3) is 0 Å². The molecule has 0 bridgehead atoms. The largest absolute Gasteiger partial charge is 0.401 e. The molecule has 0 aliphatic rings. The molecule has 0 fully saturated rings. The zero-order valence-electron chi connectivity index (χ0n) is 12.1. The number of rotatable bonds is 8. The van der Waals surface area contributed by atoms with Crippen molar-refractivity contribution in [3.05, 3.63) is 0 Å². The van der Waals surface area contributed by atoms with E-state index in [1.54, 1.807) is 20.8 Å². The van der Waals surface area contributed by atoms with E-state index in [4.69, 9.17) is 0 Å². The first-order valence-corrected chi connectivity index (χ1v) is 6.64. The summed E-state index contributed by atoms with van der Waals surface area (Å²) in [6.45, 7) is 7.22. The third-order valence-corrected chi connectivity index (χ3v) is 3.13. The quantitative estimate of drug-likeness (QED) is 0.742. The summed E-state index contributed by atoms with van der Waals surface area (Å²) in [4.78, 5) is 1.35. The molecule has 0 heterocycles. The molecular formula is C13H24F3N3. The van der Waals surface area contributed by atoms with E-state index in [9.17, 15) is 18.4 Å². The van der Waals surface area contributed by atoms with Gasteiger partial charge in [-0.15, -0.1) is 0 Å². The van der Waals surface area contributed by atoms with Crippen LogP contribution in [-0.4, -0.2) is 42.3 Å². The van der Waals surface area contributed by atoms with E-state index in [2.05, 4.69) is 11.4 Å². The van der Waals surface area contributed by atoms with Crippen molar-refractivity contribution < 1.29 is 13.2 Å². The maximum absolute atomic E-state index is 12.4. The van der Waals surface area contributed by atoms with E-state index in [0.717, 1.165) is 6.42 Å². The van der Waals surface area contributed by atoms with Gasteiger partial charge >= 0.3 is 6.18 Å². The van der Waals surface area contributed by atoms with Crippen molar-refractivity contribution in [3.63, 3.8) is 0 Å². The van der Waals surface area contributed by atoms with Gasteiger partial charge in [0.05, 0.1) is 12.6 Å². The first kappa shape index (κ1) is 18.2. The highest BCUT2D eigenvalue weighted by molar-refractivity contribution is 5.05. The molecule has 0 saturated heterocycles. The minimum atomic E-state index is -4.20. The van der Waals surface area contributed by atoms with Gasteiger partial charge in [-0.1, -0.05) is 13.8 Å². The van der Waals surface area contributed by atoms with E-state index in [0.29, 0.717) is 19.5 Å². The van der Waals surface area contributed by atoms with Crippen LogP contribution in [0.3, 0.4) is 0 Å². The zero-order chi connectivity index (χ0) is 15.1. The first-order valence-electron chi connectivity index (χ1n) is 6.64. The van der Waals surface area contributed by atoms with Gasteiger partial charge in [0, 0.05) is 6.04 Å². The van der Waals surface area contributed by atoms with Crippen molar-refractivity contribution >= 4 is 0 Å². The average Bonchev–Trinajstić information content (AvgIpc) is 2.32. The van der Waals surface area contributed by atoms with E-state index in [-0.39, 0.29) is 6.04 Å². The second-order valence-corrected chi connectivity index (χ2v) is 5.10. The lowest BCUT2D eigenvalue weighted by Gasteiger charge is -2.34. The number of hydrogen-bond acceptors (Lipinski definition) is 3. The molecule has 0 aliphatic heterocycles. The minimum Gasteiger partial charge on any atom is -0.300 e. The van der Waals surface area contributed by atoms with Crippen LogP contribution >= 0.6 is 0 Å². The lowest BCUT2D eigenvalue weighted by molar-refractivity contribution is -0.150. The fourth-order valence-corrected chi connectivity index (χ4v) is 2.09. The molecule has 0 rings (SSSR count). The predicted molar refractivity (Wildman–Crippen MR) is 69.7 cm³/mol. The molecule has 3 nitrogen and oxygen atoms in total.